The molecule has 1 aliphatic rings. The molecule has 0 aliphatic heterocycles. The van der Waals surface area contributed by atoms with E-state index in [0.717, 1.165) is 51.0 Å². The molecule has 0 bridgehead atoms. The summed E-state index contributed by atoms with van der Waals surface area (Å²) in [5, 5.41) is 0. The molecule has 5 heteroatoms. The summed E-state index contributed by atoms with van der Waals surface area (Å²) in [4.78, 5) is 22.9. The summed E-state index contributed by atoms with van der Waals surface area (Å²) in [6.45, 7) is 4.06. The number of ether oxygens (including phenoxy) is 1. The maximum Gasteiger partial charge on any atom is 0.309 e. The minimum Gasteiger partial charge on any atom is -0.469 e. The lowest BCUT2D eigenvalue weighted by Gasteiger charge is -2.21. The van der Waals surface area contributed by atoms with Gasteiger partial charge in [-0.3, -0.25) is 9.59 Å². The molecule has 1 saturated carbocycles. The minimum atomic E-state index is -3.23. The van der Waals surface area contributed by atoms with E-state index in [1.165, 1.54) is 7.11 Å². The van der Waals surface area contributed by atoms with Crippen molar-refractivity contribution in [3.63, 3.8) is 0 Å². The van der Waals surface area contributed by atoms with Gasteiger partial charge < -0.3 is 4.74 Å². The van der Waals surface area contributed by atoms with Crippen molar-refractivity contribution in [3.05, 3.63) is 12.2 Å². The van der Waals surface area contributed by atoms with Gasteiger partial charge in [-0.2, -0.15) is 8.78 Å². The largest absolute Gasteiger partial charge is 0.469 e. The van der Waals surface area contributed by atoms with Gasteiger partial charge in [-0.15, -0.1) is 0 Å². The molecule has 0 saturated heterocycles. The number of alkyl halides is 2. The lowest BCUT2D eigenvalue weighted by Crippen LogP contribution is -2.27. The quantitative estimate of drug-likeness (QED) is 0.218. The lowest BCUT2D eigenvalue weighted by atomic mass is 9.85. The Kier molecular flexibility index (Phi) is 10.8. The van der Waals surface area contributed by atoms with Crippen molar-refractivity contribution >= 4 is 11.8 Å². The van der Waals surface area contributed by atoms with E-state index in [4.69, 9.17) is 0 Å². The summed E-state index contributed by atoms with van der Waals surface area (Å²) in [5.74, 6) is -3.20. The number of hydrogen-bond donors (Lipinski definition) is 0. The highest BCUT2D eigenvalue weighted by Gasteiger charge is 2.36. The Bertz CT molecular complexity index is 488. The van der Waals surface area contributed by atoms with Crippen LogP contribution in [0.3, 0.4) is 0 Å². The van der Waals surface area contributed by atoms with Crippen LogP contribution >= 0.6 is 0 Å². The summed E-state index contributed by atoms with van der Waals surface area (Å²) >= 11 is 0. The van der Waals surface area contributed by atoms with Gasteiger partial charge in [0.15, 0.2) is 0 Å². The Balaban J connectivity index is 2.41. The monoisotopic (exact) mass is 386 g/mol. The summed E-state index contributed by atoms with van der Waals surface area (Å²) in [5.41, 5.74) is 0. The lowest BCUT2D eigenvalue weighted by molar-refractivity contribution is -0.140. The second kappa shape index (κ2) is 12.2. The normalized spacial score (nSPS) is 23.1. The van der Waals surface area contributed by atoms with E-state index < -0.39 is 11.7 Å². The molecule has 0 amide bonds. The van der Waals surface area contributed by atoms with Gasteiger partial charge >= 0.3 is 11.9 Å². The number of allylic oxidation sites excluding steroid dienone is 2. The predicted octanol–water partition coefficient (Wildman–Crippen LogP) is 6.11. The van der Waals surface area contributed by atoms with Crippen LogP contribution in [0.1, 0.15) is 84.5 Å². The van der Waals surface area contributed by atoms with E-state index in [1.54, 1.807) is 6.08 Å². The highest BCUT2D eigenvalue weighted by atomic mass is 19.3. The van der Waals surface area contributed by atoms with Crippen molar-refractivity contribution in [1.82, 2.24) is 0 Å². The second-order valence-corrected chi connectivity index (χ2v) is 7.94. The van der Waals surface area contributed by atoms with E-state index in [-0.39, 0.29) is 18.3 Å². The highest BCUT2D eigenvalue weighted by Crippen LogP contribution is 2.41. The fourth-order valence-corrected chi connectivity index (χ4v) is 4.00. The van der Waals surface area contributed by atoms with Crippen LogP contribution in [0.15, 0.2) is 12.2 Å². The number of carbonyl (C=O) groups excluding carboxylic acids is 2. The molecule has 0 heterocycles. The number of rotatable bonds is 13. The van der Waals surface area contributed by atoms with Crippen LogP contribution in [0.5, 0.6) is 0 Å². The molecule has 0 N–H and O–H groups in total. The highest BCUT2D eigenvalue weighted by molar-refractivity contribution is 5.95. The Hall–Kier alpha value is -1.26. The molecule has 0 aromatic carbocycles. The van der Waals surface area contributed by atoms with Gasteiger partial charge in [0.25, 0.3) is 0 Å². The fourth-order valence-electron chi connectivity index (χ4n) is 4.00. The molecule has 3 atom stereocenters. The maximum atomic E-state index is 13.8. The average Bonchev–Trinajstić information content (AvgIpc) is 3.00. The molecule has 1 fully saturated rings. The number of hydrogen-bond acceptors (Lipinski definition) is 3. The Labute approximate surface area is 162 Å². The van der Waals surface area contributed by atoms with Crippen molar-refractivity contribution in [3.8, 4) is 0 Å². The van der Waals surface area contributed by atoms with Crippen LogP contribution in [-0.2, 0) is 14.3 Å². The van der Waals surface area contributed by atoms with Crippen molar-refractivity contribution in [2.75, 3.05) is 7.11 Å². The third kappa shape index (κ3) is 8.52. The zero-order chi connectivity index (χ0) is 20.3. The first-order chi connectivity index (χ1) is 12.8. The molecule has 0 aromatic heterocycles. The first kappa shape index (κ1) is 23.8. The standard InChI is InChI=1S/C22H36F2O3/c1-4-5-16-22(23,24)20(25)15-14-18-13-12-17(2)19(18)10-8-6-7-9-11-21(26)27-3/h14-15,17-19H,4-13,16H2,1-3H3/b15-14+/t17-,18+,19-/m0/s1. The zero-order valence-electron chi connectivity index (χ0n) is 17.1. The SMILES string of the molecule is CCCCC(F)(F)C(=O)/C=C/[C@H]1CC[C@H](C)[C@@H]1CCCCCCC(=O)OC. The molecule has 1 aliphatic carbocycles. The molecule has 27 heavy (non-hydrogen) atoms. The number of ketones is 1. The summed E-state index contributed by atoms with van der Waals surface area (Å²) in [6.07, 6.45) is 11.1. The third-order valence-corrected chi connectivity index (χ3v) is 5.83. The first-order valence-corrected chi connectivity index (χ1v) is 10.5. The molecule has 0 unspecified atom stereocenters. The van der Waals surface area contributed by atoms with Gasteiger partial charge in [-0.05, 0) is 55.9 Å². The van der Waals surface area contributed by atoms with Crippen LogP contribution in [0.4, 0.5) is 8.78 Å². The number of methoxy groups -OCH3 is 1. The summed E-state index contributed by atoms with van der Waals surface area (Å²) in [6, 6.07) is 0. The summed E-state index contributed by atoms with van der Waals surface area (Å²) < 4.78 is 32.3. The van der Waals surface area contributed by atoms with Gasteiger partial charge in [0, 0.05) is 12.8 Å². The molecule has 0 aromatic rings. The van der Waals surface area contributed by atoms with Crippen LogP contribution in [0, 0.1) is 17.8 Å². The van der Waals surface area contributed by atoms with Gasteiger partial charge in [0.1, 0.15) is 0 Å². The molecule has 156 valence electrons. The molecule has 1 rings (SSSR count). The number of unbranched alkanes of at least 4 members (excludes halogenated alkanes) is 4. The van der Waals surface area contributed by atoms with E-state index >= 15 is 0 Å². The van der Waals surface area contributed by atoms with Gasteiger partial charge in [-0.25, -0.2) is 0 Å². The minimum absolute atomic E-state index is 0.162. The van der Waals surface area contributed by atoms with Gasteiger partial charge in [0.05, 0.1) is 7.11 Å². The number of carbonyl (C=O) groups is 2. The van der Waals surface area contributed by atoms with E-state index in [1.807, 2.05) is 6.92 Å². The van der Waals surface area contributed by atoms with Gasteiger partial charge in [0.2, 0.25) is 5.78 Å². The second-order valence-electron chi connectivity index (χ2n) is 7.94. The topological polar surface area (TPSA) is 43.4 Å². The number of esters is 1. The Morgan fingerprint density at radius 3 is 2.48 bits per heavy atom. The van der Waals surface area contributed by atoms with E-state index in [2.05, 4.69) is 11.7 Å². The predicted molar refractivity (Wildman–Crippen MR) is 104 cm³/mol. The Morgan fingerprint density at radius 2 is 1.81 bits per heavy atom. The van der Waals surface area contributed by atoms with Crippen LogP contribution in [0.25, 0.3) is 0 Å². The summed E-state index contributed by atoms with van der Waals surface area (Å²) in [7, 11) is 1.40. The van der Waals surface area contributed by atoms with Crippen molar-refractivity contribution in [2.45, 2.75) is 90.4 Å². The average molecular weight is 387 g/mol. The molecule has 3 nitrogen and oxygen atoms in total. The molecule has 0 radical (unpaired) electrons. The third-order valence-electron chi connectivity index (χ3n) is 5.83. The number of halogens is 2. The first-order valence-electron chi connectivity index (χ1n) is 10.5. The van der Waals surface area contributed by atoms with Gasteiger partial charge in [-0.1, -0.05) is 45.6 Å². The Morgan fingerprint density at radius 1 is 1.11 bits per heavy atom. The van der Waals surface area contributed by atoms with Crippen molar-refractivity contribution in [2.24, 2.45) is 17.8 Å². The van der Waals surface area contributed by atoms with Crippen molar-refractivity contribution in [1.29, 1.82) is 0 Å². The fraction of sp³-hybridized carbons (Fsp3) is 0.818. The molecular formula is C22H36F2O3. The molecule has 0 spiro atoms. The van der Waals surface area contributed by atoms with Crippen LogP contribution in [-0.4, -0.2) is 24.8 Å². The molecular weight excluding hydrogens is 350 g/mol. The van der Waals surface area contributed by atoms with Crippen LogP contribution < -0.4 is 0 Å². The zero-order valence-corrected chi connectivity index (χ0v) is 17.1. The smallest absolute Gasteiger partial charge is 0.309 e. The van der Waals surface area contributed by atoms with E-state index in [0.29, 0.717) is 31.1 Å². The van der Waals surface area contributed by atoms with Crippen molar-refractivity contribution < 1.29 is 23.1 Å². The van der Waals surface area contributed by atoms with Crippen LogP contribution in [0.2, 0.25) is 0 Å². The maximum absolute atomic E-state index is 13.8. The van der Waals surface area contributed by atoms with E-state index in [9.17, 15) is 18.4 Å².